The van der Waals surface area contributed by atoms with Crippen molar-refractivity contribution in [3.8, 4) is 0 Å². The van der Waals surface area contributed by atoms with Crippen LogP contribution in [-0.4, -0.2) is 53.3 Å². The fourth-order valence-electron chi connectivity index (χ4n) is 4.88. The molecule has 8 heteroatoms. The minimum absolute atomic E-state index is 0.0407. The summed E-state index contributed by atoms with van der Waals surface area (Å²) in [7, 11) is 0. The lowest BCUT2D eigenvalue weighted by Gasteiger charge is -2.39. The van der Waals surface area contributed by atoms with Crippen LogP contribution >= 0.6 is 0 Å². The van der Waals surface area contributed by atoms with Crippen LogP contribution in [0.25, 0.3) is 0 Å². The number of hydroxylamine groups is 1. The molecule has 1 aromatic rings. The Bertz CT molecular complexity index is 790. The highest BCUT2D eigenvalue weighted by Gasteiger charge is 2.42. The van der Waals surface area contributed by atoms with Crippen LogP contribution in [0.3, 0.4) is 0 Å². The maximum atomic E-state index is 13.3. The average Bonchev–Trinajstić information content (AvgIpc) is 3.62. The normalized spacial score (nSPS) is 26.7. The topological polar surface area (TPSA) is 108 Å². The highest BCUT2D eigenvalue weighted by Crippen LogP contribution is 2.36. The largest absolute Gasteiger partial charge is 0.446 e. The van der Waals surface area contributed by atoms with Gasteiger partial charge >= 0.3 is 6.09 Å². The van der Waals surface area contributed by atoms with Gasteiger partial charge in [0.1, 0.15) is 6.10 Å². The maximum absolute atomic E-state index is 13.3. The molecule has 1 saturated heterocycles. The van der Waals surface area contributed by atoms with Crippen molar-refractivity contribution in [2.45, 2.75) is 63.0 Å². The van der Waals surface area contributed by atoms with Crippen LogP contribution in [0.15, 0.2) is 30.3 Å². The SMILES string of the molecule is O=C(NC1CC1)OC1CC[C@H](C(=O)N2CCC(c3ccccc3)CC2)C(C(=O)NO)C1. The quantitative estimate of drug-likeness (QED) is 0.493. The molecule has 0 spiro atoms. The third kappa shape index (κ3) is 5.36. The Morgan fingerprint density at radius 1 is 0.935 bits per heavy atom. The van der Waals surface area contributed by atoms with E-state index in [1.54, 1.807) is 5.48 Å². The van der Waals surface area contributed by atoms with Crippen LogP contribution in [-0.2, 0) is 14.3 Å². The average molecular weight is 430 g/mol. The molecule has 3 amide bonds. The highest BCUT2D eigenvalue weighted by molar-refractivity contribution is 5.87. The van der Waals surface area contributed by atoms with Crippen molar-refractivity contribution in [1.82, 2.24) is 15.7 Å². The number of carbonyl (C=O) groups excluding carboxylic acids is 3. The van der Waals surface area contributed by atoms with E-state index in [2.05, 4.69) is 17.4 Å². The summed E-state index contributed by atoms with van der Waals surface area (Å²) >= 11 is 0. The molecular weight excluding hydrogens is 398 g/mol. The van der Waals surface area contributed by atoms with Crippen LogP contribution in [0.1, 0.15) is 56.4 Å². The van der Waals surface area contributed by atoms with Crippen molar-refractivity contribution in [2.24, 2.45) is 11.8 Å². The van der Waals surface area contributed by atoms with Gasteiger partial charge in [-0.15, -0.1) is 0 Å². The molecule has 2 unspecified atom stereocenters. The van der Waals surface area contributed by atoms with E-state index in [1.807, 2.05) is 23.1 Å². The summed E-state index contributed by atoms with van der Waals surface area (Å²) in [5.41, 5.74) is 3.00. The molecule has 0 radical (unpaired) electrons. The molecule has 2 saturated carbocycles. The first-order chi connectivity index (χ1) is 15.0. The molecule has 1 aromatic carbocycles. The van der Waals surface area contributed by atoms with E-state index >= 15 is 0 Å². The Balaban J connectivity index is 1.34. The van der Waals surface area contributed by atoms with Gasteiger partial charge in [-0.3, -0.25) is 14.8 Å². The summed E-state index contributed by atoms with van der Waals surface area (Å²) in [6.07, 6.45) is 4.04. The molecule has 168 valence electrons. The van der Waals surface area contributed by atoms with E-state index in [-0.39, 0.29) is 18.4 Å². The number of hydrogen-bond acceptors (Lipinski definition) is 5. The standard InChI is InChI=1S/C23H31N3O5/c27-21(25-30)20-14-18(31-23(29)24-17-6-7-17)8-9-19(20)22(28)26-12-10-16(11-13-26)15-4-2-1-3-5-15/h1-5,16-20,30H,6-14H2,(H,24,29)(H,25,27)/t18?,19-,20?/m0/s1. The first-order valence-corrected chi connectivity index (χ1v) is 11.3. The van der Waals surface area contributed by atoms with Crippen molar-refractivity contribution < 1.29 is 24.3 Å². The Hall–Kier alpha value is -2.61. The second kappa shape index (κ2) is 9.68. The predicted octanol–water partition coefficient (Wildman–Crippen LogP) is 2.57. The van der Waals surface area contributed by atoms with Gasteiger partial charge in [0.25, 0.3) is 0 Å². The van der Waals surface area contributed by atoms with Gasteiger partial charge in [-0.2, -0.15) is 0 Å². The zero-order valence-electron chi connectivity index (χ0n) is 17.7. The molecule has 1 heterocycles. The molecule has 3 aliphatic rings. The van der Waals surface area contributed by atoms with Crippen molar-refractivity contribution in [2.75, 3.05) is 13.1 Å². The Morgan fingerprint density at radius 3 is 2.29 bits per heavy atom. The number of carbonyl (C=O) groups is 3. The van der Waals surface area contributed by atoms with Crippen molar-refractivity contribution in [1.29, 1.82) is 0 Å². The van der Waals surface area contributed by atoms with Crippen molar-refractivity contribution in [3.05, 3.63) is 35.9 Å². The van der Waals surface area contributed by atoms with Gasteiger partial charge in [-0.05, 0) is 56.4 Å². The van der Waals surface area contributed by atoms with Crippen molar-refractivity contribution >= 4 is 17.9 Å². The number of likely N-dealkylation sites (tertiary alicyclic amines) is 1. The number of benzene rings is 1. The summed E-state index contributed by atoms with van der Waals surface area (Å²) in [5, 5.41) is 12.0. The molecule has 3 N–H and O–H groups in total. The Morgan fingerprint density at radius 2 is 1.65 bits per heavy atom. The van der Waals surface area contributed by atoms with E-state index in [4.69, 9.17) is 4.74 Å². The monoisotopic (exact) mass is 429 g/mol. The smallest absolute Gasteiger partial charge is 0.407 e. The Kier molecular flexibility index (Phi) is 6.75. The number of ether oxygens (including phenoxy) is 1. The number of rotatable bonds is 5. The van der Waals surface area contributed by atoms with Gasteiger partial charge in [0.2, 0.25) is 11.8 Å². The fourth-order valence-corrected chi connectivity index (χ4v) is 4.88. The van der Waals surface area contributed by atoms with Gasteiger partial charge < -0.3 is 15.0 Å². The Labute approximate surface area is 182 Å². The molecule has 0 aromatic heterocycles. The van der Waals surface area contributed by atoms with Crippen LogP contribution in [0, 0.1) is 11.8 Å². The molecule has 31 heavy (non-hydrogen) atoms. The lowest BCUT2D eigenvalue weighted by atomic mass is 9.76. The van der Waals surface area contributed by atoms with E-state index in [0.717, 1.165) is 25.7 Å². The summed E-state index contributed by atoms with van der Waals surface area (Å²) < 4.78 is 5.47. The van der Waals surface area contributed by atoms with Crippen LogP contribution in [0.4, 0.5) is 4.79 Å². The van der Waals surface area contributed by atoms with Gasteiger partial charge in [0, 0.05) is 19.1 Å². The zero-order valence-corrected chi connectivity index (χ0v) is 17.7. The maximum Gasteiger partial charge on any atom is 0.407 e. The molecule has 0 bridgehead atoms. The second-order valence-electron chi connectivity index (χ2n) is 8.96. The summed E-state index contributed by atoms with van der Waals surface area (Å²) in [4.78, 5) is 39.4. The third-order valence-electron chi connectivity index (χ3n) is 6.82. The number of nitrogens with one attached hydrogen (secondary N) is 2. The third-order valence-corrected chi connectivity index (χ3v) is 6.82. The zero-order chi connectivity index (χ0) is 21.8. The summed E-state index contributed by atoms with van der Waals surface area (Å²) in [5.74, 6) is -1.41. The number of amides is 3. The van der Waals surface area contributed by atoms with E-state index in [9.17, 15) is 19.6 Å². The predicted molar refractivity (Wildman–Crippen MR) is 112 cm³/mol. The molecule has 3 fully saturated rings. The minimum atomic E-state index is -0.711. The first-order valence-electron chi connectivity index (χ1n) is 11.3. The van der Waals surface area contributed by atoms with Crippen LogP contribution in [0.2, 0.25) is 0 Å². The van der Waals surface area contributed by atoms with Crippen LogP contribution < -0.4 is 10.8 Å². The second-order valence-corrected chi connectivity index (χ2v) is 8.96. The molecular formula is C23H31N3O5. The first kappa shape index (κ1) is 21.6. The van der Waals surface area contributed by atoms with E-state index in [0.29, 0.717) is 31.8 Å². The van der Waals surface area contributed by atoms with E-state index < -0.39 is 29.9 Å². The van der Waals surface area contributed by atoms with Gasteiger partial charge in [-0.25, -0.2) is 10.3 Å². The number of nitrogens with zero attached hydrogens (tertiary/aromatic N) is 1. The number of piperidine rings is 1. The van der Waals surface area contributed by atoms with Gasteiger partial charge in [0.05, 0.1) is 11.8 Å². The fraction of sp³-hybridized carbons (Fsp3) is 0.609. The number of alkyl carbamates (subject to hydrolysis) is 1. The molecule has 1 aliphatic heterocycles. The molecule has 8 nitrogen and oxygen atoms in total. The van der Waals surface area contributed by atoms with Crippen molar-refractivity contribution in [3.63, 3.8) is 0 Å². The van der Waals surface area contributed by atoms with Gasteiger partial charge in [0.15, 0.2) is 0 Å². The molecule has 2 aliphatic carbocycles. The minimum Gasteiger partial charge on any atom is -0.446 e. The number of hydrogen-bond donors (Lipinski definition) is 3. The van der Waals surface area contributed by atoms with Gasteiger partial charge in [-0.1, -0.05) is 30.3 Å². The molecule has 4 rings (SSSR count). The lowest BCUT2D eigenvalue weighted by Crippen LogP contribution is -2.49. The molecule has 3 atom stereocenters. The lowest BCUT2D eigenvalue weighted by molar-refractivity contribution is -0.149. The summed E-state index contributed by atoms with van der Waals surface area (Å²) in [6, 6.07) is 10.5. The van der Waals surface area contributed by atoms with Crippen LogP contribution in [0.5, 0.6) is 0 Å². The van der Waals surface area contributed by atoms with E-state index in [1.165, 1.54) is 5.56 Å². The highest BCUT2D eigenvalue weighted by atomic mass is 16.6. The summed E-state index contributed by atoms with van der Waals surface area (Å²) in [6.45, 7) is 1.32.